The van der Waals surface area contributed by atoms with E-state index < -0.39 is 0 Å². The minimum Gasteiger partial charge on any atom is -0.352 e. The second kappa shape index (κ2) is 6.93. The van der Waals surface area contributed by atoms with Crippen LogP contribution in [0.15, 0.2) is 0 Å². The van der Waals surface area contributed by atoms with Crippen molar-refractivity contribution in [2.45, 2.75) is 84.2 Å². The first kappa shape index (κ1) is 15.8. The number of amides is 1. The van der Waals surface area contributed by atoms with Crippen molar-refractivity contribution in [1.29, 1.82) is 0 Å². The normalized spacial score (nSPS) is 27.5. The van der Waals surface area contributed by atoms with Gasteiger partial charge in [0.15, 0.2) is 0 Å². The molecule has 1 saturated carbocycles. The lowest BCUT2D eigenvalue weighted by molar-refractivity contribution is -0.132. The molecule has 1 saturated heterocycles. The zero-order valence-corrected chi connectivity index (χ0v) is 13.5. The van der Waals surface area contributed by atoms with Crippen LogP contribution >= 0.6 is 0 Å². The Morgan fingerprint density at radius 3 is 2.45 bits per heavy atom. The van der Waals surface area contributed by atoms with E-state index in [1.807, 2.05) is 0 Å². The van der Waals surface area contributed by atoms with Crippen molar-refractivity contribution in [3.63, 3.8) is 0 Å². The lowest BCUT2D eigenvalue weighted by atomic mass is 9.77. The lowest BCUT2D eigenvalue weighted by Crippen LogP contribution is -2.53. The maximum atomic E-state index is 12.8. The molecular weight excluding hydrogens is 248 g/mol. The summed E-state index contributed by atoms with van der Waals surface area (Å²) in [6.45, 7) is 7.74. The van der Waals surface area contributed by atoms with Gasteiger partial charge in [0.25, 0.3) is 0 Å². The zero-order chi connectivity index (χ0) is 14.6. The van der Waals surface area contributed by atoms with Crippen LogP contribution in [0.2, 0.25) is 0 Å². The van der Waals surface area contributed by atoms with Crippen molar-refractivity contribution >= 4 is 5.91 Å². The standard InChI is InChI=1S/C17H32N2O/c1-13(2)12-17(9-5-6-10-17)16(20)19-14(3)15-8-4-7-11-18-15/h13-15,18H,4-12H2,1-3H3,(H,19,20). The van der Waals surface area contributed by atoms with E-state index in [9.17, 15) is 4.79 Å². The van der Waals surface area contributed by atoms with E-state index in [0.29, 0.717) is 17.9 Å². The van der Waals surface area contributed by atoms with Gasteiger partial charge in [-0.25, -0.2) is 0 Å². The second-order valence-corrected chi connectivity index (χ2v) is 7.40. The van der Waals surface area contributed by atoms with Crippen LogP contribution in [0, 0.1) is 11.3 Å². The van der Waals surface area contributed by atoms with Crippen LogP contribution < -0.4 is 10.6 Å². The summed E-state index contributed by atoms with van der Waals surface area (Å²) in [7, 11) is 0. The average Bonchev–Trinajstić information content (AvgIpc) is 2.88. The van der Waals surface area contributed by atoms with Crippen molar-refractivity contribution in [1.82, 2.24) is 10.6 Å². The van der Waals surface area contributed by atoms with Crippen LogP contribution in [0.25, 0.3) is 0 Å². The van der Waals surface area contributed by atoms with Gasteiger partial charge >= 0.3 is 0 Å². The Morgan fingerprint density at radius 1 is 1.20 bits per heavy atom. The molecule has 0 aromatic rings. The van der Waals surface area contributed by atoms with E-state index in [-0.39, 0.29) is 11.5 Å². The third kappa shape index (κ3) is 3.75. The minimum atomic E-state index is -0.0723. The van der Waals surface area contributed by atoms with Gasteiger partial charge in [-0.1, -0.05) is 33.1 Å². The van der Waals surface area contributed by atoms with Crippen LogP contribution in [-0.4, -0.2) is 24.5 Å². The van der Waals surface area contributed by atoms with E-state index in [0.717, 1.165) is 25.8 Å². The molecule has 116 valence electrons. The molecule has 0 radical (unpaired) electrons. The molecule has 1 amide bonds. The highest BCUT2D eigenvalue weighted by atomic mass is 16.2. The molecule has 3 heteroatoms. The molecule has 1 heterocycles. The largest absolute Gasteiger partial charge is 0.352 e. The minimum absolute atomic E-state index is 0.0723. The van der Waals surface area contributed by atoms with Gasteiger partial charge < -0.3 is 10.6 Å². The van der Waals surface area contributed by atoms with Crippen molar-refractivity contribution < 1.29 is 4.79 Å². The smallest absolute Gasteiger partial charge is 0.226 e. The molecular formula is C17H32N2O. The van der Waals surface area contributed by atoms with Gasteiger partial charge in [0.05, 0.1) is 0 Å². The van der Waals surface area contributed by atoms with Crippen LogP contribution in [0.3, 0.4) is 0 Å². The summed E-state index contributed by atoms with van der Waals surface area (Å²) in [5.41, 5.74) is -0.0723. The van der Waals surface area contributed by atoms with Gasteiger partial charge in [-0.2, -0.15) is 0 Å². The molecule has 2 atom stereocenters. The quantitative estimate of drug-likeness (QED) is 0.811. The summed E-state index contributed by atoms with van der Waals surface area (Å²) in [4.78, 5) is 12.8. The number of hydrogen-bond acceptors (Lipinski definition) is 2. The molecule has 1 aliphatic carbocycles. The molecule has 0 aromatic carbocycles. The SMILES string of the molecule is CC(C)CC1(C(=O)NC(C)C2CCCCN2)CCCC1. The van der Waals surface area contributed by atoms with E-state index >= 15 is 0 Å². The summed E-state index contributed by atoms with van der Waals surface area (Å²) in [6.07, 6.45) is 9.40. The number of carbonyl (C=O) groups excluding carboxylic acids is 1. The molecule has 3 nitrogen and oxygen atoms in total. The Bertz CT molecular complexity index is 315. The van der Waals surface area contributed by atoms with Crippen LogP contribution in [0.5, 0.6) is 0 Å². The molecule has 1 aliphatic heterocycles. The van der Waals surface area contributed by atoms with E-state index in [4.69, 9.17) is 0 Å². The first-order chi connectivity index (χ1) is 9.53. The Balaban J connectivity index is 1.94. The molecule has 2 rings (SSSR count). The lowest BCUT2D eigenvalue weighted by Gasteiger charge is -2.34. The van der Waals surface area contributed by atoms with Crippen LogP contribution in [0.1, 0.15) is 72.1 Å². The zero-order valence-electron chi connectivity index (χ0n) is 13.5. The second-order valence-electron chi connectivity index (χ2n) is 7.40. The van der Waals surface area contributed by atoms with E-state index in [1.54, 1.807) is 0 Å². The molecule has 2 N–H and O–H groups in total. The predicted octanol–water partition coefficient (Wildman–Crippen LogP) is 3.24. The fourth-order valence-electron chi connectivity index (χ4n) is 4.12. The molecule has 0 spiro atoms. The van der Waals surface area contributed by atoms with Gasteiger partial charge in [0.2, 0.25) is 5.91 Å². The van der Waals surface area contributed by atoms with Crippen molar-refractivity contribution in [2.24, 2.45) is 11.3 Å². The van der Waals surface area contributed by atoms with Crippen molar-refractivity contribution in [3.8, 4) is 0 Å². The Hall–Kier alpha value is -0.570. The fraction of sp³-hybridized carbons (Fsp3) is 0.941. The van der Waals surface area contributed by atoms with Crippen LogP contribution in [-0.2, 0) is 4.79 Å². The highest BCUT2D eigenvalue weighted by Crippen LogP contribution is 2.43. The highest BCUT2D eigenvalue weighted by molar-refractivity contribution is 5.83. The van der Waals surface area contributed by atoms with Crippen molar-refractivity contribution in [2.75, 3.05) is 6.54 Å². The van der Waals surface area contributed by atoms with Gasteiger partial charge in [0.1, 0.15) is 0 Å². The number of hydrogen-bond donors (Lipinski definition) is 2. The number of rotatable bonds is 5. The van der Waals surface area contributed by atoms with Gasteiger partial charge in [-0.3, -0.25) is 4.79 Å². The van der Waals surface area contributed by atoms with Crippen molar-refractivity contribution in [3.05, 3.63) is 0 Å². The molecule has 0 bridgehead atoms. The summed E-state index contributed by atoms with van der Waals surface area (Å²) < 4.78 is 0. The number of carbonyl (C=O) groups is 1. The topological polar surface area (TPSA) is 41.1 Å². The fourth-order valence-corrected chi connectivity index (χ4v) is 4.12. The molecule has 2 aliphatic rings. The first-order valence-electron chi connectivity index (χ1n) is 8.58. The highest BCUT2D eigenvalue weighted by Gasteiger charge is 2.42. The van der Waals surface area contributed by atoms with E-state index in [1.165, 1.54) is 32.1 Å². The molecule has 2 fully saturated rings. The third-order valence-electron chi connectivity index (χ3n) is 5.15. The van der Waals surface area contributed by atoms with Gasteiger partial charge in [0, 0.05) is 17.5 Å². The number of nitrogens with one attached hydrogen (secondary N) is 2. The maximum Gasteiger partial charge on any atom is 0.226 e. The Labute approximate surface area is 124 Å². The average molecular weight is 280 g/mol. The Kier molecular flexibility index (Phi) is 5.48. The summed E-state index contributed by atoms with van der Waals surface area (Å²) in [6, 6.07) is 0.720. The Morgan fingerprint density at radius 2 is 1.90 bits per heavy atom. The molecule has 20 heavy (non-hydrogen) atoms. The van der Waals surface area contributed by atoms with E-state index in [2.05, 4.69) is 31.4 Å². The number of piperidine rings is 1. The predicted molar refractivity (Wildman–Crippen MR) is 83.6 cm³/mol. The molecule has 0 aromatic heterocycles. The summed E-state index contributed by atoms with van der Waals surface area (Å²) in [5.74, 6) is 0.922. The summed E-state index contributed by atoms with van der Waals surface area (Å²) in [5, 5.41) is 6.89. The summed E-state index contributed by atoms with van der Waals surface area (Å²) >= 11 is 0. The first-order valence-corrected chi connectivity index (χ1v) is 8.58. The van der Waals surface area contributed by atoms with Crippen LogP contribution in [0.4, 0.5) is 0 Å². The maximum absolute atomic E-state index is 12.8. The molecule has 2 unspecified atom stereocenters. The van der Waals surface area contributed by atoms with Gasteiger partial charge in [-0.15, -0.1) is 0 Å². The van der Waals surface area contributed by atoms with Gasteiger partial charge in [-0.05, 0) is 51.5 Å². The monoisotopic (exact) mass is 280 g/mol. The third-order valence-corrected chi connectivity index (χ3v) is 5.15.